The quantitative estimate of drug-likeness (QED) is 0.677. The third kappa shape index (κ3) is 2.94. The van der Waals surface area contributed by atoms with E-state index in [0.717, 1.165) is 11.2 Å². The van der Waals surface area contributed by atoms with E-state index in [4.69, 9.17) is 11.6 Å². The zero-order chi connectivity index (χ0) is 14.7. The number of halogens is 1. The molecule has 0 spiro atoms. The summed E-state index contributed by atoms with van der Waals surface area (Å²) in [6, 6.07) is 19.1. The van der Waals surface area contributed by atoms with Crippen molar-refractivity contribution in [2.45, 2.75) is 12.7 Å². The van der Waals surface area contributed by atoms with Crippen LogP contribution in [0.3, 0.4) is 0 Å². The zero-order valence-corrected chi connectivity index (χ0v) is 13.7. The van der Waals surface area contributed by atoms with E-state index in [1.54, 1.807) is 0 Å². The summed E-state index contributed by atoms with van der Waals surface area (Å²) in [7, 11) is -1.86. The standard InChI is InChI=1S/C17H17ClN2Si/c1-21(14-20-12-11-19-13-20,16-5-3-2-4-6-16)17-9-7-15(18)8-10-17/h2-13H,14H2,1H3. The van der Waals surface area contributed by atoms with Crippen molar-refractivity contribution < 1.29 is 0 Å². The van der Waals surface area contributed by atoms with Gasteiger partial charge in [-0.15, -0.1) is 0 Å². The van der Waals surface area contributed by atoms with Gasteiger partial charge in [-0.05, 0) is 12.1 Å². The molecule has 0 N–H and O–H groups in total. The highest BCUT2D eigenvalue weighted by Crippen LogP contribution is 2.12. The first-order chi connectivity index (χ1) is 10.2. The van der Waals surface area contributed by atoms with Crippen LogP contribution in [0.25, 0.3) is 0 Å². The monoisotopic (exact) mass is 312 g/mol. The number of rotatable bonds is 4. The molecule has 21 heavy (non-hydrogen) atoms. The topological polar surface area (TPSA) is 17.8 Å². The van der Waals surface area contributed by atoms with E-state index in [9.17, 15) is 0 Å². The van der Waals surface area contributed by atoms with Crippen LogP contribution in [-0.2, 0) is 6.17 Å². The first-order valence-corrected chi connectivity index (χ1v) is 10.0. The highest BCUT2D eigenvalue weighted by Gasteiger charge is 2.32. The maximum atomic E-state index is 6.05. The van der Waals surface area contributed by atoms with Crippen molar-refractivity contribution in [2.75, 3.05) is 0 Å². The Balaban J connectivity index is 2.08. The van der Waals surface area contributed by atoms with Gasteiger partial charge in [0, 0.05) is 23.6 Å². The summed E-state index contributed by atoms with van der Waals surface area (Å²) in [6.45, 7) is 2.39. The highest BCUT2D eigenvalue weighted by atomic mass is 35.5. The number of imidazole rings is 1. The molecule has 2 nitrogen and oxygen atoms in total. The van der Waals surface area contributed by atoms with Crippen molar-refractivity contribution >= 4 is 30.0 Å². The predicted octanol–water partition coefficient (Wildman–Crippen LogP) is 2.97. The van der Waals surface area contributed by atoms with Gasteiger partial charge in [0.1, 0.15) is 8.07 Å². The second kappa shape index (κ2) is 5.88. The van der Waals surface area contributed by atoms with E-state index < -0.39 is 8.07 Å². The van der Waals surface area contributed by atoms with Crippen molar-refractivity contribution in [2.24, 2.45) is 0 Å². The van der Waals surface area contributed by atoms with Gasteiger partial charge >= 0.3 is 0 Å². The van der Waals surface area contributed by atoms with E-state index in [-0.39, 0.29) is 0 Å². The lowest BCUT2D eigenvalue weighted by Crippen LogP contribution is -2.58. The maximum Gasteiger partial charge on any atom is 0.135 e. The van der Waals surface area contributed by atoms with Gasteiger partial charge in [0.05, 0.1) is 6.33 Å². The van der Waals surface area contributed by atoms with E-state index >= 15 is 0 Å². The number of hydrogen-bond acceptors (Lipinski definition) is 1. The Morgan fingerprint density at radius 3 is 2.29 bits per heavy atom. The fourth-order valence-corrected chi connectivity index (χ4v) is 6.29. The van der Waals surface area contributed by atoms with Crippen LogP contribution < -0.4 is 10.4 Å². The minimum Gasteiger partial charge on any atom is -0.340 e. The molecule has 0 saturated heterocycles. The molecule has 106 valence electrons. The molecule has 1 aromatic heterocycles. The Morgan fingerprint density at radius 1 is 1.00 bits per heavy atom. The van der Waals surface area contributed by atoms with Gasteiger partial charge in [-0.25, -0.2) is 4.98 Å². The lowest BCUT2D eigenvalue weighted by atomic mass is 10.4. The van der Waals surface area contributed by atoms with Crippen LogP contribution in [0.15, 0.2) is 73.3 Å². The minimum absolute atomic E-state index is 0.783. The molecule has 1 atom stereocenters. The van der Waals surface area contributed by atoms with Gasteiger partial charge in [0.25, 0.3) is 0 Å². The lowest BCUT2D eigenvalue weighted by Gasteiger charge is -2.29. The maximum absolute atomic E-state index is 6.05. The number of nitrogens with zero attached hydrogens (tertiary/aromatic N) is 2. The van der Waals surface area contributed by atoms with Gasteiger partial charge in [-0.1, -0.05) is 71.0 Å². The third-order valence-electron chi connectivity index (χ3n) is 3.95. The molecule has 2 aromatic carbocycles. The van der Waals surface area contributed by atoms with Crippen molar-refractivity contribution in [1.29, 1.82) is 0 Å². The Bertz CT molecular complexity index is 695. The fraction of sp³-hybridized carbons (Fsp3) is 0.118. The second-order valence-corrected chi connectivity index (χ2v) is 10.0. The molecule has 0 aliphatic carbocycles. The number of hydrogen-bond donors (Lipinski definition) is 0. The number of benzene rings is 2. The molecular weight excluding hydrogens is 296 g/mol. The summed E-state index contributed by atoms with van der Waals surface area (Å²) in [5, 5.41) is 3.58. The Hall–Kier alpha value is -1.84. The van der Waals surface area contributed by atoms with Gasteiger partial charge in [-0.2, -0.15) is 0 Å². The van der Waals surface area contributed by atoms with E-state index in [2.05, 4.69) is 58.6 Å². The van der Waals surface area contributed by atoms with Crippen LogP contribution in [0.1, 0.15) is 0 Å². The molecular formula is C17H17ClN2Si. The van der Waals surface area contributed by atoms with Crippen molar-refractivity contribution in [3.8, 4) is 0 Å². The second-order valence-electron chi connectivity index (χ2n) is 5.44. The van der Waals surface area contributed by atoms with Crippen LogP contribution in [0.5, 0.6) is 0 Å². The SMILES string of the molecule is C[Si](Cn1ccnc1)(c1ccccc1)c1ccc(Cl)cc1. The van der Waals surface area contributed by atoms with Crippen molar-refractivity contribution in [3.05, 3.63) is 78.3 Å². The average molecular weight is 313 g/mol. The van der Waals surface area contributed by atoms with Crippen LogP contribution in [0.2, 0.25) is 11.6 Å². The van der Waals surface area contributed by atoms with E-state index in [1.165, 1.54) is 10.4 Å². The summed E-state index contributed by atoms with van der Waals surface area (Å²) in [5.41, 5.74) is 0. The molecule has 1 heterocycles. The molecule has 3 rings (SSSR count). The minimum atomic E-state index is -1.86. The summed E-state index contributed by atoms with van der Waals surface area (Å²) in [6.07, 6.45) is 6.73. The highest BCUT2D eigenvalue weighted by molar-refractivity contribution is 7.00. The van der Waals surface area contributed by atoms with Crippen LogP contribution in [0.4, 0.5) is 0 Å². The van der Waals surface area contributed by atoms with Crippen LogP contribution in [-0.4, -0.2) is 17.6 Å². The molecule has 0 aliphatic heterocycles. The average Bonchev–Trinajstić information content (AvgIpc) is 3.01. The summed E-state index contributed by atoms with van der Waals surface area (Å²) >= 11 is 6.05. The first-order valence-electron chi connectivity index (χ1n) is 6.96. The molecule has 0 amide bonds. The Labute approximate surface area is 131 Å². The van der Waals surface area contributed by atoms with Crippen molar-refractivity contribution in [1.82, 2.24) is 9.55 Å². The van der Waals surface area contributed by atoms with E-state index in [0.29, 0.717) is 0 Å². The molecule has 0 aliphatic rings. The first kappa shape index (κ1) is 14.1. The summed E-state index contributed by atoms with van der Waals surface area (Å²) < 4.78 is 2.17. The van der Waals surface area contributed by atoms with Gasteiger partial charge in [-0.3, -0.25) is 0 Å². The molecule has 3 aromatic rings. The van der Waals surface area contributed by atoms with Gasteiger partial charge < -0.3 is 4.57 Å². The molecule has 0 radical (unpaired) electrons. The molecule has 1 unspecified atom stereocenters. The summed E-state index contributed by atoms with van der Waals surface area (Å²) in [5.74, 6) is 0. The largest absolute Gasteiger partial charge is 0.340 e. The lowest BCUT2D eigenvalue weighted by molar-refractivity contribution is 0.858. The molecule has 4 heteroatoms. The fourth-order valence-electron chi connectivity index (χ4n) is 2.72. The summed E-state index contributed by atoms with van der Waals surface area (Å²) in [4.78, 5) is 4.17. The molecule has 0 fully saturated rings. The van der Waals surface area contributed by atoms with Crippen molar-refractivity contribution in [3.63, 3.8) is 0 Å². The Morgan fingerprint density at radius 2 is 1.67 bits per heavy atom. The van der Waals surface area contributed by atoms with Crippen LogP contribution >= 0.6 is 11.6 Å². The normalized spacial score (nSPS) is 13.8. The smallest absolute Gasteiger partial charge is 0.135 e. The zero-order valence-electron chi connectivity index (χ0n) is 11.9. The van der Waals surface area contributed by atoms with E-state index in [1.807, 2.05) is 30.9 Å². The number of aromatic nitrogens is 2. The predicted molar refractivity (Wildman–Crippen MR) is 91.0 cm³/mol. The molecule has 0 bridgehead atoms. The van der Waals surface area contributed by atoms with Gasteiger partial charge in [0.15, 0.2) is 0 Å². The van der Waals surface area contributed by atoms with Crippen LogP contribution in [0, 0.1) is 0 Å². The Kier molecular flexibility index (Phi) is 3.95. The van der Waals surface area contributed by atoms with Gasteiger partial charge in [0.2, 0.25) is 0 Å². The molecule has 0 saturated carbocycles. The third-order valence-corrected chi connectivity index (χ3v) is 8.42.